The highest BCUT2D eigenvalue weighted by Crippen LogP contribution is 2.36. The summed E-state index contributed by atoms with van der Waals surface area (Å²) in [6.45, 7) is 4.71. The maximum absolute atomic E-state index is 14.3. The summed E-state index contributed by atoms with van der Waals surface area (Å²) in [4.78, 5) is 33.4. The fourth-order valence-electron chi connectivity index (χ4n) is 5.31. The smallest absolute Gasteiger partial charge is 0.338 e. The van der Waals surface area contributed by atoms with Crippen LogP contribution >= 0.6 is 22.9 Å². The first-order chi connectivity index (χ1) is 22.5. The van der Waals surface area contributed by atoms with Crippen molar-refractivity contribution in [2.45, 2.75) is 26.5 Å². The van der Waals surface area contributed by atoms with E-state index in [1.165, 1.54) is 11.3 Å². The van der Waals surface area contributed by atoms with Gasteiger partial charge in [0.25, 0.3) is 5.56 Å². The number of carbonyl (C=O) groups is 1. The lowest BCUT2D eigenvalue weighted by atomic mass is 9.93. The van der Waals surface area contributed by atoms with Crippen molar-refractivity contribution in [3.8, 4) is 11.5 Å². The molecule has 0 bridgehead atoms. The summed E-state index contributed by atoms with van der Waals surface area (Å²) in [6, 6.07) is 31.2. The van der Waals surface area contributed by atoms with Gasteiger partial charge in [-0.1, -0.05) is 95.7 Å². The topological polar surface area (TPSA) is 79.1 Å². The standard InChI is InChI=1S/C37H31ClN2O5S/c1-3-43-29-18-15-26(16-19-29)34-32(36(42)44-4-2)33(25-13-9-6-10-14-25)39-37-40(34)35(41)31(46-37)22-27-21-28(38)17-20-30(27)45-23-24-11-7-5-8-12-24/h5-22,34H,3-4,23H2,1-2H3/b31-22-/t34-/m0/s1. The van der Waals surface area contributed by atoms with Crippen LogP contribution in [-0.4, -0.2) is 23.8 Å². The number of esters is 1. The summed E-state index contributed by atoms with van der Waals surface area (Å²) < 4.78 is 19.4. The number of nitrogens with zero attached hydrogens (tertiary/aromatic N) is 2. The lowest BCUT2D eigenvalue weighted by Crippen LogP contribution is -2.40. The van der Waals surface area contributed by atoms with Crippen LogP contribution in [0.3, 0.4) is 0 Å². The van der Waals surface area contributed by atoms with Gasteiger partial charge in [-0.2, -0.15) is 0 Å². The van der Waals surface area contributed by atoms with E-state index in [0.29, 0.717) is 50.3 Å². The van der Waals surface area contributed by atoms with E-state index in [-0.39, 0.29) is 17.7 Å². The molecule has 6 rings (SSSR count). The van der Waals surface area contributed by atoms with Gasteiger partial charge in [0.05, 0.1) is 35.1 Å². The van der Waals surface area contributed by atoms with E-state index in [9.17, 15) is 9.59 Å². The minimum Gasteiger partial charge on any atom is -0.494 e. The summed E-state index contributed by atoms with van der Waals surface area (Å²) in [7, 11) is 0. The summed E-state index contributed by atoms with van der Waals surface area (Å²) >= 11 is 7.65. The summed E-state index contributed by atoms with van der Waals surface area (Å²) in [5.74, 6) is 0.733. The average molecular weight is 651 g/mol. The fraction of sp³-hybridized carbons (Fsp3) is 0.162. The summed E-state index contributed by atoms with van der Waals surface area (Å²) in [6.07, 6.45) is 1.77. The fourth-order valence-corrected chi connectivity index (χ4v) is 6.48. The van der Waals surface area contributed by atoms with Gasteiger partial charge in [-0.15, -0.1) is 0 Å². The molecule has 0 radical (unpaired) electrons. The molecule has 0 amide bonds. The van der Waals surface area contributed by atoms with Crippen molar-refractivity contribution in [1.82, 2.24) is 4.57 Å². The van der Waals surface area contributed by atoms with Crippen molar-refractivity contribution in [2.24, 2.45) is 4.99 Å². The van der Waals surface area contributed by atoms with Crippen LogP contribution in [0.2, 0.25) is 5.02 Å². The highest BCUT2D eigenvalue weighted by atomic mass is 35.5. The lowest BCUT2D eigenvalue weighted by Gasteiger charge is -2.26. The molecule has 1 atom stereocenters. The van der Waals surface area contributed by atoms with Crippen molar-refractivity contribution < 1.29 is 19.0 Å². The largest absolute Gasteiger partial charge is 0.494 e. The van der Waals surface area contributed by atoms with Gasteiger partial charge in [0.15, 0.2) is 4.80 Å². The van der Waals surface area contributed by atoms with Crippen LogP contribution in [0.1, 0.15) is 42.1 Å². The summed E-state index contributed by atoms with van der Waals surface area (Å²) in [5, 5.41) is 0.509. The Labute approximate surface area is 275 Å². The Bertz CT molecular complexity index is 2070. The van der Waals surface area contributed by atoms with E-state index < -0.39 is 12.0 Å². The Morgan fingerprint density at radius 2 is 1.63 bits per heavy atom. The minimum absolute atomic E-state index is 0.172. The Morgan fingerprint density at radius 1 is 0.913 bits per heavy atom. The van der Waals surface area contributed by atoms with E-state index in [4.69, 9.17) is 30.8 Å². The molecule has 0 saturated heterocycles. The molecule has 4 aromatic carbocycles. The van der Waals surface area contributed by atoms with E-state index >= 15 is 0 Å². The molecule has 1 aromatic heterocycles. The second kappa shape index (κ2) is 14.0. The Kier molecular flexibility index (Phi) is 9.47. The SMILES string of the molecule is CCOC(=O)C1=C(c2ccccc2)N=c2s/c(=C\c3cc(Cl)ccc3OCc3ccccc3)c(=O)n2[C@H]1c1ccc(OCC)cc1. The molecule has 0 aliphatic carbocycles. The number of aromatic nitrogens is 1. The third-order valence-corrected chi connectivity index (χ3v) is 8.59. The molecule has 0 spiro atoms. The number of carbonyl (C=O) groups excluding carboxylic acids is 1. The monoisotopic (exact) mass is 650 g/mol. The van der Waals surface area contributed by atoms with Crippen molar-refractivity contribution in [2.75, 3.05) is 13.2 Å². The van der Waals surface area contributed by atoms with E-state index in [1.807, 2.05) is 91.9 Å². The van der Waals surface area contributed by atoms with Crippen molar-refractivity contribution in [3.63, 3.8) is 0 Å². The second-order valence-electron chi connectivity index (χ2n) is 10.4. The van der Waals surface area contributed by atoms with E-state index in [0.717, 1.165) is 16.7 Å². The van der Waals surface area contributed by atoms with Crippen molar-refractivity contribution in [3.05, 3.63) is 156 Å². The number of ether oxygens (including phenoxy) is 3. The molecule has 0 unspecified atom stereocenters. The zero-order valence-corrected chi connectivity index (χ0v) is 26.9. The van der Waals surface area contributed by atoms with Crippen LogP contribution in [0.15, 0.2) is 118 Å². The molecule has 2 heterocycles. The molecule has 1 aliphatic heterocycles. The third kappa shape index (κ3) is 6.54. The third-order valence-electron chi connectivity index (χ3n) is 7.38. The maximum Gasteiger partial charge on any atom is 0.338 e. The van der Waals surface area contributed by atoms with Crippen LogP contribution in [0.5, 0.6) is 11.5 Å². The van der Waals surface area contributed by atoms with Gasteiger partial charge in [-0.25, -0.2) is 9.79 Å². The zero-order chi connectivity index (χ0) is 32.0. The molecule has 0 saturated carbocycles. The molecular weight excluding hydrogens is 620 g/mol. The highest BCUT2D eigenvalue weighted by molar-refractivity contribution is 7.07. The number of halogens is 1. The Hall–Kier alpha value is -4.92. The number of rotatable bonds is 10. The van der Waals surface area contributed by atoms with Crippen LogP contribution in [-0.2, 0) is 16.1 Å². The number of thiazole rings is 1. The minimum atomic E-state index is -0.795. The summed E-state index contributed by atoms with van der Waals surface area (Å²) in [5.41, 5.74) is 3.57. The molecule has 1 aliphatic rings. The van der Waals surface area contributed by atoms with Crippen LogP contribution in [0.25, 0.3) is 11.8 Å². The van der Waals surface area contributed by atoms with E-state index in [2.05, 4.69) is 0 Å². The lowest BCUT2D eigenvalue weighted by molar-refractivity contribution is -0.138. The van der Waals surface area contributed by atoms with Gasteiger partial charge in [-0.3, -0.25) is 9.36 Å². The van der Waals surface area contributed by atoms with Crippen molar-refractivity contribution in [1.29, 1.82) is 0 Å². The van der Waals surface area contributed by atoms with Crippen LogP contribution < -0.4 is 24.4 Å². The Morgan fingerprint density at radius 3 is 2.33 bits per heavy atom. The molecule has 0 N–H and O–H groups in total. The van der Waals surface area contributed by atoms with Gasteiger partial charge in [0.2, 0.25) is 0 Å². The van der Waals surface area contributed by atoms with Gasteiger partial charge < -0.3 is 14.2 Å². The normalized spacial score (nSPS) is 14.4. The molecule has 9 heteroatoms. The van der Waals surface area contributed by atoms with Crippen LogP contribution in [0, 0.1) is 0 Å². The molecule has 232 valence electrons. The first-order valence-corrected chi connectivity index (χ1v) is 16.1. The number of fused-ring (bicyclic) bond motifs is 1. The quantitative estimate of drug-likeness (QED) is 0.160. The zero-order valence-electron chi connectivity index (χ0n) is 25.3. The first-order valence-electron chi connectivity index (χ1n) is 14.9. The highest BCUT2D eigenvalue weighted by Gasteiger charge is 2.35. The second-order valence-corrected chi connectivity index (χ2v) is 11.8. The molecule has 7 nitrogen and oxygen atoms in total. The predicted molar refractivity (Wildman–Crippen MR) is 181 cm³/mol. The van der Waals surface area contributed by atoms with Gasteiger partial charge >= 0.3 is 5.97 Å². The Balaban J connectivity index is 1.54. The predicted octanol–water partition coefficient (Wildman–Crippen LogP) is 6.57. The van der Waals surface area contributed by atoms with Crippen LogP contribution in [0.4, 0.5) is 0 Å². The van der Waals surface area contributed by atoms with Crippen molar-refractivity contribution >= 4 is 40.7 Å². The van der Waals surface area contributed by atoms with Gasteiger partial charge in [-0.05, 0) is 61.4 Å². The number of benzene rings is 4. The number of hydrogen-bond donors (Lipinski definition) is 0. The molecule has 5 aromatic rings. The maximum atomic E-state index is 14.3. The average Bonchev–Trinajstić information content (AvgIpc) is 3.39. The first kappa shape index (κ1) is 31.1. The number of hydrogen-bond acceptors (Lipinski definition) is 7. The van der Waals surface area contributed by atoms with E-state index in [1.54, 1.807) is 35.8 Å². The molecule has 46 heavy (non-hydrogen) atoms. The van der Waals surface area contributed by atoms with Gasteiger partial charge in [0, 0.05) is 16.1 Å². The van der Waals surface area contributed by atoms with Gasteiger partial charge in [0.1, 0.15) is 18.1 Å². The molecule has 0 fully saturated rings. The molecular formula is C37H31ClN2O5S.